The Morgan fingerprint density at radius 1 is 1.33 bits per heavy atom. The van der Waals surface area contributed by atoms with Gasteiger partial charge in [0.1, 0.15) is 0 Å². The van der Waals surface area contributed by atoms with Crippen molar-refractivity contribution in [2.24, 2.45) is 0 Å². The van der Waals surface area contributed by atoms with E-state index in [-0.39, 0.29) is 5.56 Å². The molecular weight excluding hydrogens is 192 g/mol. The topological polar surface area (TPSA) is 73.8 Å². The van der Waals surface area contributed by atoms with Gasteiger partial charge in [-0.05, 0) is 6.07 Å². The predicted molar refractivity (Wildman–Crippen MR) is 56.2 cm³/mol. The molecule has 2 aromatic rings. The van der Waals surface area contributed by atoms with Crippen molar-refractivity contribution >= 4 is 5.69 Å². The Kier molecular flexibility index (Phi) is 2.45. The van der Waals surface area contributed by atoms with Crippen molar-refractivity contribution in [3.8, 4) is 0 Å². The number of nitrogens with two attached hydrogens (primary N) is 1. The molecule has 0 radical (unpaired) electrons. The molecule has 0 amide bonds. The van der Waals surface area contributed by atoms with Crippen LogP contribution in [0.3, 0.4) is 0 Å². The van der Waals surface area contributed by atoms with Gasteiger partial charge in [-0.25, -0.2) is 0 Å². The molecule has 0 spiro atoms. The van der Waals surface area contributed by atoms with Crippen LogP contribution in [0, 0.1) is 0 Å². The van der Waals surface area contributed by atoms with Crippen LogP contribution in [0.2, 0.25) is 0 Å². The number of pyridine rings is 1. The third-order valence-electron chi connectivity index (χ3n) is 1.96. The van der Waals surface area contributed by atoms with Gasteiger partial charge in [0.25, 0.3) is 5.56 Å². The van der Waals surface area contributed by atoms with Crippen molar-refractivity contribution in [1.29, 1.82) is 0 Å². The van der Waals surface area contributed by atoms with Crippen LogP contribution in [0.15, 0.2) is 41.7 Å². The van der Waals surface area contributed by atoms with E-state index in [1.807, 2.05) is 0 Å². The molecule has 5 nitrogen and oxygen atoms in total. The van der Waals surface area contributed by atoms with E-state index in [0.717, 1.165) is 5.69 Å². The first-order valence-electron chi connectivity index (χ1n) is 4.46. The second-order valence-corrected chi connectivity index (χ2v) is 3.13. The summed E-state index contributed by atoms with van der Waals surface area (Å²) in [7, 11) is 0. The standard InChI is InChI=1S/C10H10N4O/c11-8-1-2-10(15)14(6-8)7-9-5-12-3-4-13-9/h1-6H,7,11H2. The summed E-state index contributed by atoms with van der Waals surface area (Å²) in [6.45, 7) is 0.387. The number of hydrogen-bond acceptors (Lipinski definition) is 4. The summed E-state index contributed by atoms with van der Waals surface area (Å²) in [5, 5.41) is 0. The van der Waals surface area contributed by atoms with Crippen molar-refractivity contribution in [3.05, 3.63) is 53.0 Å². The molecule has 0 saturated carbocycles. The van der Waals surface area contributed by atoms with Crippen LogP contribution in [-0.4, -0.2) is 14.5 Å². The van der Waals surface area contributed by atoms with E-state index >= 15 is 0 Å². The van der Waals surface area contributed by atoms with Crippen LogP contribution >= 0.6 is 0 Å². The maximum absolute atomic E-state index is 11.4. The first kappa shape index (κ1) is 9.39. The van der Waals surface area contributed by atoms with Crippen LogP contribution in [0.5, 0.6) is 0 Å². The second-order valence-electron chi connectivity index (χ2n) is 3.13. The number of anilines is 1. The zero-order valence-electron chi connectivity index (χ0n) is 8.00. The van der Waals surface area contributed by atoms with Crippen LogP contribution in [0.4, 0.5) is 5.69 Å². The molecule has 0 bridgehead atoms. The lowest BCUT2D eigenvalue weighted by molar-refractivity contribution is 0.736. The third-order valence-corrected chi connectivity index (χ3v) is 1.96. The van der Waals surface area contributed by atoms with Crippen molar-refractivity contribution in [3.63, 3.8) is 0 Å². The van der Waals surface area contributed by atoms with Crippen LogP contribution in [0.1, 0.15) is 5.69 Å². The van der Waals surface area contributed by atoms with Gasteiger partial charge in [-0.2, -0.15) is 0 Å². The zero-order chi connectivity index (χ0) is 10.7. The van der Waals surface area contributed by atoms with Gasteiger partial charge in [-0.3, -0.25) is 14.8 Å². The lowest BCUT2D eigenvalue weighted by atomic mass is 10.4. The fraction of sp³-hybridized carbons (Fsp3) is 0.100. The average Bonchev–Trinajstić information content (AvgIpc) is 2.25. The maximum Gasteiger partial charge on any atom is 0.251 e. The summed E-state index contributed by atoms with van der Waals surface area (Å²) in [4.78, 5) is 19.4. The summed E-state index contributed by atoms with van der Waals surface area (Å²) in [5.41, 5.74) is 6.76. The maximum atomic E-state index is 11.4. The molecule has 0 atom stereocenters. The number of hydrogen-bond donors (Lipinski definition) is 1. The molecule has 0 aliphatic heterocycles. The minimum absolute atomic E-state index is 0.102. The molecule has 76 valence electrons. The molecule has 15 heavy (non-hydrogen) atoms. The van der Waals surface area contributed by atoms with E-state index in [1.165, 1.54) is 10.6 Å². The Bertz CT molecular complexity index is 506. The first-order valence-corrected chi connectivity index (χ1v) is 4.46. The monoisotopic (exact) mass is 202 g/mol. The SMILES string of the molecule is Nc1ccc(=O)n(Cc2cnccn2)c1. The van der Waals surface area contributed by atoms with Crippen molar-refractivity contribution < 1.29 is 0 Å². The Balaban J connectivity index is 2.32. The minimum Gasteiger partial charge on any atom is -0.398 e. The largest absolute Gasteiger partial charge is 0.398 e. The van der Waals surface area contributed by atoms with Gasteiger partial charge in [-0.1, -0.05) is 0 Å². The van der Waals surface area contributed by atoms with Gasteiger partial charge in [0.15, 0.2) is 0 Å². The summed E-state index contributed by atoms with van der Waals surface area (Å²) >= 11 is 0. The van der Waals surface area contributed by atoms with Crippen molar-refractivity contribution in [2.75, 3.05) is 5.73 Å². The van der Waals surface area contributed by atoms with E-state index in [4.69, 9.17) is 5.73 Å². The normalized spacial score (nSPS) is 10.1. The number of nitrogens with zero attached hydrogens (tertiary/aromatic N) is 3. The first-order chi connectivity index (χ1) is 7.25. The van der Waals surface area contributed by atoms with Gasteiger partial charge in [0.2, 0.25) is 0 Å². The number of aromatic nitrogens is 3. The van der Waals surface area contributed by atoms with E-state index in [1.54, 1.807) is 30.9 Å². The molecular formula is C10H10N4O. The molecule has 2 heterocycles. The van der Waals surface area contributed by atoms with E-state index < -0.39 is 0 Å². The van der Waals surface area contributed by atoms with Crippen LogP contribution < -0.4 is 11.3 Å². The molecule has 2 rings (SSSR count). The summed E-state index contributed by atoms with van der Waals surface area (Å²) in [6, 6.07) is 3.02. The fourth-order valence-corrected chi connectivity index (χ4v) is 1.26. The van der Waals surface area contributed by atoms with Crippen molar-refractivity contribution in [1.82, 2.24) is 14.5 Å². The van der Waals surface area contributed by atoms with Crippen molar-refractivity contribution in [2.45, 2.75) is 6.54 Å². The Hall–Kier alpha value is -2.17. The highest BCUT2D eigenvalue weighted by Gasteiger charge is 1.99. The minimum atomic E-state index is -0.102. The highest BCUT2D eigenvalue weighted by molar-refractivity contribution is 5.33. The van der Waals surface area contributed by atoms with Gasteiger partial charge in [0.05, 0.1) is 18.4 Å². The van der Waals surface area contributed by atoms with Crippen LogP contribution in [-0.2, 0) is 6.54 Å². The predicted octanol–water partition coefficient (Wildman–Crippen LogP) is 0.269. The Morgan fingerprint density at radius 2 is 2.20 bits per heavy atom. The smallest absolute Gasteiger partial charge is 0.251 e. The zero-order valence-corrected chi connectivity index (χ0v) is 8.00. The molecule has 0 aliphatic carbocycles. The van der Waals surface area contributed by atoms with E-state index in [2.05, 4.69) is 9.97 Å². The number of rotatable bonds is 2. The highest BCUT2D eigenvalue weighted by atomic mass is 16.1. The van der Waals surface area contributed by atoms with Gasteiger partial charge < -0.3 is 10.3 Å². The molecule has 0 aliphatic rings. The van der Waals surface area contributed by atoms with Gasteiger partial charge >= 0.3 is 0 Å². The Morgan fingerprint density at radius 3 is 2.93 bits per heavy atom. The summed E-state index contributed by atoms with van der Waals surface area (Å²) in [5.74, 6) is 0. The molecule has 0 saturated heterocycles. The molecule has 0 fully saturated rings. The van der Waals surface area contributed by atoms with Crippen LogP contribution in [0.25, 0.3) is 0 Å². The lowest BCUT2D eigenvalue weighted by Gasteiger charge is -2.04. The second kappa shape index (κ2) is 3.91. The fourth-order valence-electron chi connectivity index (χ4n) is 1.26. The lowest BCUT2D eigenvalue weighted by Crippen LogP contribution is -2.20. The van der Waals surface area contributed by atoms with Gasteiger partial charge in [0, 0.05) is 30.3 Å². The molecule has 2 aromatic heterocycles. The van der Waals surface area contributed by atoms with E-state index in [9.17, 15) is 4.79 Å². The third kappa shape index (κ3) is 2.19. The molecule has 5 heteroatoms. The number of nitrogen functional groups attached to an aromatic ring is 1. The summed E-state index contributed by atoms with van der Waals surface area (Å²) < 4.78 is 1.50. The molecule has 0 unspecified atom stereocenters. The summed E-state index contributed by atoms with van der Waals surface area (Å²) in [6.07, 6.45) is 6.39. The van der Waals surface area contributed by atoms with E-state index in [0.29, 0.717) is 12.2 Å². The quantitative estimate of drug-likeness (QED) is 0.758. The average molecular weight is 202 g/mol. The molecule has 2 N–H and O–H groups in total. The Labute approximate surface area is 86.2 Å². The molecule has 0 aromatic carbocycles. The highest BCUT2D eigenvalue weighted by Crippen LogP contribution is 1.99. The van der Waals surface area contributed by atoms with Gasteiger partial charge in [-0.15, -0.1) is 0 Å².